The van der Waals surface area contributed by atoms with E-state index in [2.05, 4.69) is 10.0 Å². The van der Waals surface area contributed by atoms with E-state index < -0.39 is 38.5 Å². The molecule has 1 aliphatic heterocycles. The van der Waals surface area contributed by atoms with Crippen LogP contribution in [0.2, 0.25) is 0 Å². The number of rotatable bonds is 8. The number of hydrogen-bond acceptors (Lipinski definition) is 8. The Hall–Kier alpha value is -3.00. The predicted molar refractivity (Wildman–Crippen MR) is 120 cm³/mol. The first-order valence-corrected chi connectivity index (χ1v) is 13.1. The number of sulfonamides is 2. The van der Waals surface area contributed by atoms with Crippen molar-refractivity contribution >= 4 is 43.3 Å². The Balaban J connectivity index is 1.55. The van der Waals surface area contributed by atoms with Gasteiger partial charge in [0.05, 0.1) is 29.9 Å². The minimum absolute atomic E-state index is 0.0640. The van der Waals surface area contributed by atoms with Crippen LogP contribution < -0.4 is 10.0 Å². The second-order valence-electron chi connectivity index (χ2n) is 7.12. The predicted octanol–water partition coefficient (Wildman–Crippen LogP) is 0.875. The standard InChI is InChI=1S/C20H23N3O8S2/c1-32(26,27)22-17-4-2-3-15(13-17)20(25)31-14-19(24)21-16-5-7-18(8-6-16)33(28,29)23-9-11-30-12-10-23/h2-8,13,22H,9-12,14H2,1H3,(H,21,24). The lowest BCUT2D eigenvalue weighted by Gasteiger charge is -2.26. The fourth-order valence-electron chi connectivity index (χ4n) is 2.98. The molecule has 0 saturated carbocycles. The number of esters is 1. The number of nitrogens with zero attached hydrogens (tertiary/aromatic N) is 1. The summed E-state index contributed by atoms with van der Waals surface area (Å²) < 4.78 is 61.6. The summed E-state index contributed by atoms with van der Waals surface area (Å²) in [6, 6.07) is 11.3. The average molecular weight is 498 g/mol. The van der Waals surface area contributed by atoms with Gasteiger partial charge in [0.15, 0.2) is 6.61 Å². The minimum Gasteiger partial charge on any atom is -0.452 e. The third kappa shape index (κ3) is 6.99. The van der Waals surface area contributed by atoms with Gasteiger partial charge in [0.25, 0.3) is 5.91 Å². The molecule has 1 aliphatic rings. The molecule has 1 fully saturated rings. The Bertz CT molecular complexity index is 1220. The Morgan fingerprint density at radius 3 is 2.30 bits per heavy atom. The highest BCUT2D eigenvalue weighted by Crippen LogP contribution is 2.19. The monoisotopic (exact) mass is 497 g/mol. The molecule has 13 heteroatoms. The van der Waals surface area contributed by atoms with Crippen LogP contribution in [-0.2, 0) is 34.3 Å². The topological polar surface area (TPSA) is 148 Å². The molecule has 33 heavy (non-hydrogen) atoms. The number of hydrogen-bond donors (Lipinski definition) is 2. The molecule has 0 atom stereocenters. The van der Waals surface area contributed by atoms with Gasteiger partial charge in [-0.3, -0.25) is 9.52 Å². The van der Waals surface area contributed by atoms with E-state index in [0.29, 0.717) is 18.9 Å². The Labute approximate surface area is 191 Å². The molecule has 0 spiro atoms. The average Bonchev–Trinajstić information content (AvgIpc) is 2.77. The molecule has 0 aromatic heterocycles. The van der Waals surface area contributed by atoms with Crippen molar-refractivity contribution in [3.63, 3.8) is 0 Å². The van der Waals surface area contributed by atoms with E-state index >= 15 is 0 Å². The Morgan fingerprint density at radius 2 is 1.67 bits per heavy atom. The molecule has 3 rings (SSSR count). The molecule has 0 aliphatic carbocycles. The molecule has 2 N–H and O–H groups in total. The van der Waals surface area contributed by atoms with E-state index in [0.717, 1.165) is 6.26 Å². The van der Waals surface area contributed by atoms with Gasteiger partial charge < -0.3 is 14.8 Å². The van der Waals surface area contributed by atoms with Crippen molar-refractivity contribution in [2.45, 2.75) is 4.90 Å². The molecule has 178 valence electrons. The second kappa shape index (κ2) is 10.3. The van der Waals surface area contributed by atoms with Gasteiger partial charge in [0, 0.05) is 24.5 Å². The highest BCUT2D eigenvalue weighted by atomic mass is 32.2. The van der Waals surface area contributed by atoms with Gasteiger partial charge in [-0.1, -0.05) is 6.07 Å². The van der Waals surface area contributed by atoms with Crippen LogP contribution in [0.5, 0.6) is 0 Å². The van der Waals surface area contributed by atoms with E-state index in [1.54, 1.807) is 0 Å². The van der Waals surface area contributed by atoms with Crippen LogP contribution in [0.3, 0.4) is 0 Å². The van der Waals surface area contributed by atoms with Gasteiger partial charge in [0.2, 0.25) is 20.0 Å². The minimum atomic E-state index is -3.65. The first-order valence-electron chi connectivity index (χ1n) is 9.77. The molecular formula is C20H23N3O8S2. The molecule has 11 nitrogen and oxygen atoms in total. The third-order valence-corrected chi connectivity index (χ3v) is 7.00. The number of amides is 1. The molecule has 2 aromatic carbocycles. The van der Waals surface area contributed by atoms with Crippen LogP contribution in [0.15, 0.2) is 53.4 Å². The molecule has 1 saturated heterocycles. The highest BCUT2D eigenvalue weighted by molar-refractivity contribution is 7.92. The zero-order valence-corrected chi connectivity index (χ0v) is 19.3. The van der Waals surface area contributed by atoms with Gasteiger partial charge in [-0.2, -0.15) is 4.31 Å². The zero-order valence-electron chi connectivity index (χ0n) is 17.7. The number of carbonyl (C=O) groups excluding carboxylic acids is 2. The smallest absolute Gasteiger partial charge is 0.338 e. The van der Waals surface area contributed by atoms with Gasteiger partial charge in [-0.15, -0.1) is 0 Å². The van der Waals surface area contributed by atoms with E-state index in [1.165, 1.54) is 52.8 Å². The number of ether oxygens (including phenoxy) is 2. The second-order valence-corrected chi connectivity index (χ2v) is 10.8. The molecule has 1 heterocycles. The van der Waals surface area contributed by atoms with Crippen molar-refractivity contribution < 1.29 is 35.9 Å². The summed E-state index contributed by atoms with van der Waals surface area (Å²) in [5.74, 6) is -1.44. The number of nitrogens with one attached hydrogen (secondary N) is 2. The molecule has 0 bridgehead atoms. The number of anilines is 2. The highest BCUT2D eigenvalue weighted by Gasteiger charge is 2.26. The van der Waals surface area contributed by atoms with Crippen LogP contribution in [0.4, 0.5) is 11.4 Å². The van der Waals surface area contributed by atoms with Crippen molar-refractivity contribution in [3.8, 4) is 0 Å². The number of benzene rings is 2. The maximum atomic E-state index is 12.6. The number of morpholine rings is 1. The fourth-order valence-corrected chi connectivity index (χ4v) is 4.94. The quantitative estimate of drug-likeness (QED) is 0.511. The summed E-state index contributed by atoms with van der Waals surface area (Å²) >= 11 is 0. The third-order valence-electron chi connectivity index (χ3n) is 4.48. The summed E-state index contributed by atoms with van der Waals surface area (Å²) in [6.45, 7) is 0.643. The van der Waals surface area contributed by atoms with Gasteiger partial charge in [0.1, 0.15) is 0 Å². The summed E-state index contributed by atoms with van der Waals surface area (Å²) in [6.07, 6.45) is 0.979. The molecular weight excluding hydrogens is 474 g/mol. The van der Waals surface area contributed by atoms with Crippen molar-refractivity contribution in [2.75, 3.05) is 49.2 Å². The first-order chi connectivity index (χ1) is 15.5. The van der Waals surface area contributed by atoms with Crippen LogP contribution in [0.1, 0.15) is 10.4 Å². The molecule has 2 aromatic rings. The normalized spacial score (nSPS) is 14.9. The van der Waals surface area contributed by atoms with Crippen LogP contribution >= 0.6 is 0 Å². The molecule has 1 amide bonds. The Kier molecular flexibility index (Phi) is 7.68. The lowest BCUT2D eigenvalue weighted by atomic mass is 10.2. The SMILES string of the molecule is CS(=O)(=O)Nc1cccc(C(=O)OCC(=O)Nc2ccc(S(=O)(=O)N3CCOCC3)cc2)c1. The van der Waals surface area contributed by atoms with Crippen molar-refractivity contribution in [2.24, 2.45) is 0 Å². The van der Waals surface area contributed by atoms with Gasteiger partial charge in [-0.05, 0) is 42.5 Å². The fraction of sp³-hybridized carbons (Fsp3) is 0.300. The summed E-state index contributed by atoms with van der Waals surface area (Å²) in [7, 11) is -7.16. The first kappa shape index (κ1) is 24.6. The maximum absolute atomic E-state index is 12.6. The summed E-state index contributed by atoms with van der Waals surface area (Å²) in [4.78, 5) is 24.4. The van der Waals surface area contributed by atoms with E-state index in [-0.39, 0.29) is 29.2 Å². The van der Waals surface area contributed by atoms with E-state index in [1.807, 2.05) is 0 Å². The lowest BCUT2D eigenvalue weighted by molar-refractivity contribution is -0.119. The Morgan fingerprint density at radius 1 is 1.00 bits per heavy atom. The van der Waals surface area contributed by atoms with Gasteiger partial charge >= 0.3 is 5.97 Å². The van der Waals surface area contributed by atoms with Crippen molar-refractivity contribution in [1.29, 1.82) is 0 Å². The zero-order chi connectivity index (χ0) is 24.1. The van der Waals surface area contributed by atoms with Crippen molar-refractivity contribution in [3.05, 3.63) is 54.1 Å². The number of carbonyl (C=O) groups is 2. The maximum Gasteiger partial charge on any atom is 0.338 e. The largest absolute Gasteiger partial charge is 0.452 e. The van der Waals surface area contributed by atoms with Crippen LogP contribution in [0.25, 0.3) is 0 Å². The molecule has 0 unspecified atom stereocenters. The van der Waals surface area contributed by atoms with Crippen LogP contribution in [0, 0.1) is 0 Å². The van der Waals surface area contributed by atoms with Crippen molar-refractivity contribution in [1.82, 2.24) is 4.31 Å². The van der Waals surface area contributed by atoms with E-state index in [9.17, 15) is 26.4 Å². The lowest BCUT2D eigenvalue weighted by Crippen LogP contribution is -2.40. The van der Waals surface area contributed by atoms with E-state index in [4.69, 9.17) is 9.47 Å². The summed E-state index contributed by atoms with van der Waals surface area (Å²) in [5, 5.41) is 2.51. The molecule has 0 radical (unpaired) electrons. The van der Waals surface area contributed by atoms with Crippen LogP contribution in [-0.4, -0.2) is 72.2 Å². The van der Waals surface area contributed by atoms with Gasteiger partial charge in [-0.25, -0.2) is 21.6 Å². The summed E-state index contributed by atoms with van der Waals surface area (Å²) in [5.41, 5.74) is 0.578.